The second kappa shape index (κ2) is 6.20. The van der Waals surface area contributed by atoms with E-state index in [0.29, 0.717) is 33.5 Å². The van der Waals surface area contributed by atoms with Crippen LogP contribution < -0.4 is 0 Å². The number of nitrogens with zero attached hydrogens (tertiary/aromatic N) is 2. The van der Waals surface area contributed by atoms with Gasteiger partial charge in [-0.1, -0.05) is 36.5 Å². The zero-order valence-corrected chi connectivity index (χ0v) is 12.2. The molecule has 0 amide bonds. The van der Waals surface area contributed by atoms with Crippen LogP contribution in [0.5, 0.6) is 0 Å². The Morgan fingerprint density at radius 2 is 1.90 bits per heavy atom. The zero-order chi connectivity index (χ0) is 14.7. The molecule has 1 heterocycles. The van der Waals surface area contributed by atoms with Gasteiger partial charge >= 0.3 is 5.97 Å². The number of carboxylic acids is 1. The molecule has 0 saturated heterocycles. The van der Waals surface area contributed by atoms with Crippen LogP contribution in [0.15, 0.2) is 24.4 Å². The van der Waals surface area contributed by atoms with Gasteiger partial charge in [0.15, 0.2) is 5.82 Å². The maximum atomic E-state index is 11.1. The van der Waals surface area contributed by atoms with Crippen molar-refractivity contribution in [3.8, 4) is 11.4 Å². The summed E-state index contributed by atoms with van der Waals surface area (Å²) in [5, 5.41) is 10.1. The molecule has 20 heavy (non-hydrogen) atoms. The van der Waals surface area contributed by atoms with Crippen LogP contribution in [0, 0.1) is 0 Å². The molecule has 0 unspecified atom stereocenters. The molecule has 2 rings (SSSR count). The Morgan fingerprint density at radius 1 is 1.25 bits per heavy atom. The van der Waals surface area contributed by atoms with Gasteiger partial charge in [-0.05, 0) is 24.6 Å². The number of aryl methyl sites for hydroxylation is 1. The molecule has 0 atom stereocenters. The molecule has 0 aliphatic rings. The Morgan fingerprint density at radius 3 is 2.45 bits per heavy atom. The predicted molar refractivity (Wildman–Crippen MR) is 78.4 cm³/mol. The first-order valence-corrected chi connectivity index (χ1v) is 6.82. The Bertz CT molecular complexity index is 639. The Hall–Kier alpha value is -1.65. The van der Waals surface area contributed by atoms with E-state index in [4.69, 9.17) is 28.3 Å². The highest BCUT2D eigenvalue weighted by molar-refractivity contribution is 6.35. The maximum Gasteiger partial charge on any atom is 0.339 e. The first kappa shape index (κ1) is 14.8. The smallest absolute Gasteiger partial charge is 0.339 e. The molecule has 0 aliphatic heterocycles. The number of hydrogen-bond donors (Lipinski definition) is 1. The normalized spacial score (nSPS) is 10.6. The monoisotopic (exact) mass is 310 g/mol. The molecular formula is C14H12Cl2N2O2. The van der Waals surface area contributed by atoms with Gasteiger partial charge in [-0.15, -0.1) is 0 Å². The van der Waals surface area contributed by atoms with Gasteiger partial charge in [0, 0.05) is 21.8 Å². The molecule has 0 aliphatic carbocycles. The summed E-state index contributed by atoms with van der Waals surface area (Å²) in [6, 6.07) is 5.00. The molecule has 0 saturated carbocycles. The van der Waals surface area contributed by atoms with Crippen LogP contribution >= 0.6 is 23.2 Å². The first-order chi connectivity index (χ1) is 9.51. The summed E-state index contributed by atoms with van der Waals surface area (Å²) in [6.07, 6.45) is 2.70. The van der Waals surface area contributed by atoms with Crippen LogP contribution in [0.1, 0.15) is 29.4 Å². The summed E-state index contributed by atoms with van der Waals surface area (Å²) in [5.74, 6) is -0.605. The van der Waals surface area contributed by atoms with Crippen molar-refractivity contribution in [3.63, 3.8) is 0 Å². The van der Waals surface area contributed by atoms with Gasteiger partial charge in [0.1, 0.15) is 0 Å². The highest BCUT2D eigenvalue weighted by atomic mass is 35.5. The van der Waals surface area contributed by atoms with Gasteiger partial charge in [0.05, 0.1) is 11.3 Å². The van der Waals surface area contributed by atoms with Crippen LogP contribution in [-0.2, 0) is 6.42 Å². The van der Waals surface area contributed by atoms with E-state index in [1.807, 2.05) is 6.92 Å². The molecule has 0 spiro atoms. The molecule has 1 aromatic carbocycles. The summed E-state index contributed by atoms with van der Waals surface area (Å²) < 4.78 is 0. The van der Waals surface area contributed by atoms with E-state index in [-0.39, 0.29) is 5.56 Å². The zero-order valence-electron chi connectivity index (χ0n) is 10.7. The van der Waals surface area contributed by atoms with E-state index >= 15 is 0 Å². The molecular weight excluding hydrogens is 299 g/mol. The third kappa shape index (κ3) is 3.26. The number of carbonyl (C=O) groups is 1. The standard InChI is InChI=1S/C14H12Cl2N2O2/c1-2-3-12-11(14(19)20)7-17-13(18-12)8-4-9(15)6-10(16)5-8/h4-7H,2-3H2,1H3,(H,19,20). The molecule has 4 nitrogen and oxygen atoms in total. The van der Waals surface area contributed by atoms with Crippen molar-refractivity contribution in [2.45, 2.75) is 19.8 Å². The molecule has 1 aromatic heterocycles. The summed E-state index contributed by atoms with van der Waals surface area (Å²) in [4.78, 5) is 19.5. The van der Waals surface area contributed by atoms with Gasteiger partial charge in [0.2, 0.25) is 0 Å². The minimum absolute atomic E-state index is 0.128. The van der Waals surface area contributed by atoms with E-state index in [1.165, 1.54) is 6.20 Å². The minimum atomic E-state index is -1.02. The van der Waals surface area contributed by atoms with Gasteiger partial charge in [-0.3, -0.25) is 0 Å². The average Bonchev–Trinajstić information content (AvgIpc) is 2.37. The fourth-order valence-electron chi connectivity index (χ4n) is 1.85. The van der Waals surface area contributed by atoms with Crippen LogP contribution in [0.3, 0.4) is 0 Å². The second-order valence-corrected chi connectivity index (χ2v) is 5.14. The molecule has 0 bridgehead atoms. The van der Waals surface area contributed by atoms with Crippen LogP contribution in [0.4, 0.5) is 0 Å². The van der Waals surface area contributed by atoms with E-state index in [9.17, 15) is 4.79 Å². The van der Waals surface area contributed by atoms with Crippen molar-refractivity contribution in [2.75, 3.05) is 0 Å². The van der Waals surface area contributed by atoms with Crippen molar-refractivity contribution in [1.29, 1.82) is 0 Å². The molecule has 1 N–H and O–H groups in total. The van der Waals surface area contributed by atoms with Crippen molar-refractivity contribution in [1.82, 2.24) is 9.97 Å². The van der Waals surface area contributed by atoms with Gasteiger partial charge in [-0.2, -0.15) is 0 Å². The lowest BCUT2D eigenvalue weighted by Crippen LogP contribution is -2.07. The van der Waals surface area contributed by atoms with E-state index in [2.05, 4.69) is 9.97 Å². The van der Waals surface area contributed by atoms with Crippen LogP contribution in [-0.4, -0.2) is 21.0 Å². The molecule has 2 aromatic rings. The first-order valence-electron chi connectivity index (χ1n) is 6.07. The number of hydrogen-bond acceptors (Lipinski definition) is 3. The third-order valence-electron chi connectivity index (χ3n) is 2.71. The second-order valence-electron chi connectivity index (χ2n) is 4.27. The van der Waals surface area contributed by atoms with E-state index < -0.39 is 5.97 Å². The molecule has 0 fully saturated rings. The molecule has 6 heteroatoms. The van der Waals surface area contributed by atoms with Crippen molar-refractivity contribution >= 4 is 29.2 Å². The Kier molecular flexibility index (Phi) is 4.57. The Balaban J connectivity index is 2.52. The van der Waals surface area contributed by atoms with Crippen LogP contribution in [0.2, 0.25) is 10.0 Å². The topological polar surface area (TPSA) is 63.1 Å². The summed E-state index contributed by atoms with van der Waals surface area (Å²) in [6.45, 7) is 1.96. The van der Waals surface area contributed by atoms with Crippen LogP contribution in [0.25, 0.3) is 11.4 Å². The number of halogens is 2. The highest BCUT2D eigenvalue weighted by Gasteiger charge is 2.14. The molecule has 0 radical (unpaired) electrons. The van der Waals surface area contributed by atoms with Crippen molar-refractivity contribution < 1.29 is 9.90 Å². The van der Waals surface area contributed by atoms with E-state index in [0.717, 1.165) is 6.42 Å². The lowest BCUT2D eigenvalue weighted by molar-refractivity contribution is 0.0694. The quantitative estimate of drug-likeness (QED) is 0.923. The summed E-state index contributed by atoms with van der Waals surface area (Å²) in [7, 11) is 0. The predicted octanol–water partition coefficient (Wildman–Crippen LogP) is 4.10. The van der Waals surface area contributed by atoms with Gasteiger partial charge in [0.25, 0.3) is 0 Å². The number of aromatic nitrogens is 2. The largest absolute Gasteiger partial charge is 0.478 e. The summed E-state index contributed by atoms with van der Waals surface area (Å²) in [5.41, 5.74) is 1.31. The number of rotatable bonds is 4. The van der Waals surface area contributed by atoms with Gasteiger partial charge < -0.3 is 5.11 Å². The maximum absolute atomic E-state index is 11.1. The highest BCUT2D eigenvalue weighted by Crippen LogP contribution is 2.25. The average molecular weight is 311 g/mol. The summed E-state index contributed by atoms with van der Waals surface area (Å²) >= 11 is 11.9. The number of aromatic carboxylic acids is 1. The minimum Gasteiger partial charge on any atom is -0.478 e. The lowest BCUT2D eigenvalue weighted by Gasteiger charge is -2.07. The fraction of sp³-hybridized carbons (Fsp3) is 0.214. The van der Waals surface area contributed by atoms with Gasteiger partial charge in [-0.25, -0.2) is 14.8 Å². The number of carboxylic acid groups (broad SMARTS) is 1. The SMILES string of the molecule is CCCc1nc(-c2cc(Cl)cc(Cl)c2)ncc1C(=O)O. The fourth-order valence-corrected chi connectivity index (χ4v) is 2.37. The van der Waals surface area contributed by atoms with Crippen molar-refractivity contribution in [2.24, 2.45) is 0 Å². The Labute approximate surface area is 126 Å². The lowest BCUT2D eigenvalue weighted by atomic mass is 10.1. The van der Waals surface area contributed by atoms with E-state index in [1.54, 1.807) is 18.2 Å². The molecule has 104 valence electrons. The third-order valence-corrected chi connectivity index (χ3v) is 3.14. The number of benzene rings is 1. The van der Waals surface area contributed by atoms with Crippen molar-refractivity contribution in [3.05, 3.63) is 45.7 Å².